The number of rotatable bonds is 5. The fourth-order valence-electron chi connectivity index (χ4n) is 3.80. The Morgan fingerprint density at radius 2 is 1.96 bits per heavy atom. The van der Waals surface area contributed by atoms with Crippen LogP contribution >= 0.6 is 0 Å². The molecule has 0 spiro atoms. The lowest BCUT2D eigenvalue weighted by Crippen LogP contribution is -2.40. The number of hydrogen-bond donors (Lipinski definition) is 1. The van der Waals surface area contributed by atoms with E-state index in [1.54, 1.807) is 7.11 Å². The molecule has 1 fully saturated rings. The molecule has 2 atom stereocenters. The lowest BCUT2D eigenvalue weighted by Gasteiger charge is -2.36. The first-order chi connectivity index (χ1) is 12.9. The molecule has 28 heavy (non-hydrogen) atoms. The number of benzene rings is 1. The number of aromatic nitrogens is 2. The molecule has 156 valence electrons. The molecule has 1 heterocycles. The van der Waals surface area contributed by atoms with Crippen LogP contribution in [0.5, 0.6) is 5.75 Å². The Morgan fingerprint density at radius 3 is 2.50 bits per heavy atom. The van der Waals surface area contributed by atoms with Gasteiger partial charge in [0.05, 0.1) is 31.6 Å². The van der Waals surface area contributed by atoms with Crippen molar-refractivity contribution in [2.24, 2.45) is 5.41 Å². The molecule has 3 rings (SSSR count). The summed E-state index contributed by atoms with van der Waals surface area (Å²) in [5, 5.41) is 17.1. The first-order valence-electron chi connectivity index (χ1n) is 10.3. The van der Waals surface area contributed by atoms with E-state index in [-0.39, 0.29) is 16.5 Å². The largest absolute Gasteiger partial charge is 0.494 e. The zero-order chi connectivity index (χ0) is 20.9. The molecule has 1 saturated carbocycles. The van der Waals surface area contributed by atoms with Crippen molar-refractivity contribution in [3.63, 3.8) is 0 Å². The van der Waals surface area contributed by atoms with Gasteiger partial charge in [0.25, 0.3) is 0 Å². The maximum absolute atomic E-state index is 11.0. The summed E-state index contributed by atoms with van der Waals surface area (Å²) in [6.07, 6.45) is 1.46. The molecular formula is C22H36N2O3Si. The summed E-state index contributed by atoms with van der Waals surface area (Å²) >= 11 is 0. The molecule has 0 amide bonds. The van der Waals surface area contributed by atoms with Crippen LogP contribution in [0.4, 0.5) is 0 Å². The molecule has 2 unspecified atom stereocenters. The molecule has 0 saturated heterocycles. The molecule has 0 radical (unpaired) electrons. The van der Waals surface area contributed by atoms with E-state index in [1.807, 2.05) is 16.8 Å². The molecule has 0 aliphatic heterocycles. The Labute approximate surface area is 170 Å². The minimum Gasteiger partial charge on any atom is -0.494 e. The van der Waals surface area contributed by atoms with Crippen LogP contribution in [-0.2, 0) is 11.0 Å². The molecule has 5 nitrogen and oxygen atoms in total. The molecule has 1 aromatic heterocycles. The van der Waals surface area contributed by atoms with Gasteiger partial charge in [-0.15, -0.1) is 0 Å². The van der Waals surface area contributed by atoms with Gasteiger partial charge in [-0.25, -0.2) is 0 Å². The van der Waals surface area contributed by atoms with Gasteiger partial charge in [-0.2, -0.15) is 5.10 Å². The Kier molecular flexibility index (Phi) is 5.45. The highest BCUT2D eigenvalue weighted by atomic mass is 28.4. The smallest absolute Gasteiger partial charge is 0.192 e. The van der Waals surface area contributed by atoms with Crippen molar-refractivity contribution in [1.82, 2.24) is 9.78 Å². The lowest BCUT2D eigenvalue weighted by molar-refractivity contribution is 0.0446. The summed E-state index contributed by atoms with van der Waals surface area (Å²) in [7, 11) is -0.239. The maximum Gasteiger partial charge on any atom is 0.192 e. The summed E-state index contributed by atoms with van der Waals surface area (Å²) in [4.78, 5) is 0. The van der Waals surface area contributed by atoms with E-state index in [1.165, 1.54) is 0 Å². The summed E-state index contributed by atoms with van der Waals surface area (Å²) in [6.45, 7) is 16.1. The summed E-state index contributed by atoms with van der Waals surface area (Å²) < 4.78 is 14.1. The minimum absolute atomic E-state index is 0.0369. The average Bonchev–Trinajstić information content (AvgIpc) is 3.09. The number of hydrogen-bond acceptors (Lipinski definition) is 4. The predicted molar refractivity (Wildman–Crippen MR) is 116 cm³/mol. The molecule has 0 bridgehead atoms. The number of nitrogens with zero attached hydrogens (tertiary/aromatic N) is 2. The van der Waals surface area contributed by atoms with Gasteiger partial charge in [0.1, 0.15) is 11.3 Å². The number of fused-ring (bicyclic) bond motifs is 1. The van der Waals surface area contributed by atoms with Crippen molar-refractivity contribution in [3.8, 4) is 5.75 Å². The van der Waals surface area contributed by atoms with E-state index >= 15 is 0 Å². The molecule has 1 aliphatic rings. The third-order valence-electron chi connectivity index (χ3n) is 6.95. The van der Waals surface area contributed by atoms with E-state index in [0.717, 1.165) is 35.2 Å². The van der Waals surface area contributed by atoms with Crippen LogP contribution in [0, 0.1) is 5.41 Å². The van der Waals surface area contributed by atoms with Crippen LogP contribution < -0.4 is 4.74 Å². The predicted octanol–water partition coefficient (Wildman–Crippen LogP) is 5.29. The van der Waals surface area contributed by atoms with Gasteiger partial charge in [-0.1, -0.05) is 46.8 Å². The molecular weight excluding hydrogens is 368 g/mol. The monoisotopic (exact) mass is 404 g/mol. The number of aliphatic hydroxyl groups is 1. The van der Waals surface area contributed by atoms with Crippen LogP contribution in [0.25, 0.3) is 10.9 Å². The van der Waals surface area contributed by atoms with Crippen molar-refractivity contribution < 1.29 is 14.3 Å². The second-order valence-electron chi connectivity index (χ2n) is 10.3. The third-order valence-corrected chi connectivity index (χ3v) is 11.4. The number of methoxy groups -OCH3 is 1. The number of aliphatic hydroxyl groups excluding tert-OH is 1. The zero-order valence-electron chi connectivity index (χ0n) is 18.7. The van der Waals surface area contributed by atoms with Gasteiger partial charge in [0.15, 0.2) is 8.32 Å². The SMILES string of the molecule is COc1cccc2c(CO[Si](C)(C)C(C)(C)C)n(C3CCC(C)(C)C3O)nc12. The van der Waals surface area contributed by atoms with Gasteiger partial charge in [-0.05, 0) is 42.5 Å². The number of ether oxygens (including phenoxy) is 1. The second kappa shape index (κ2) is 7.15. The van der Waals surface area contributed by atoms with Crippen molar-refractivity contribution in [1.29, 1.82) is 0 Å². The standard InChI is InChI=1S/C22H36N2O3Si/c1-21(2,3)28(7,8)27-14-17-15-10-9-11-18(26-6)19(15)23-24(17)16-12-13-22(4,5)20(16)25/h9-11,16,20,25H,12-14H2,1-8H3. The van der Waals surface area contributed by atoms with Gasteiger partial charge < -0.3 is 14.3 Å². The summed E-state index contributed by atoms with van der Waals surface area (Å²) in [5.74, 6) is 0.761. The molecule has 6 heteroatoms. The highest BCUT2D eigenvalue weighted by Gasteiger charge is 2.43. The first kappa shape index (κ1) is 21.3. The Morgan fingerprint density at radius 1 is 1.29 bits per heavy atom. The van der Waals surface area contributed by atoms with Crippen LogP contribution in [0.2, 0.25) is 18.1 Å². The average molecular weight is 405 g/mol. The van der Waals surface area contributed by atoms with E-state index in [4.69, 9.17) is 14.3 Å². The van der Waals surface area contributed by atoms with Crippen LogP contribution in [0.1, 0.15) is 59.2 Å². The van der Waals surface area contributed by atoms with Crippen molar-refractivity contribution in [2.75, 3.05) is 7.11 Å². The normalized spacial score (nSPS) is 22.8. The van der Waals surface area contributed by atoms with Crippen LogP contribution in [0.3, 0.4) is 0 Å². The van der Waals surface area contributed by atoms with Gasteiger partial charge in [-0.3, -0.25) is 4.68 Å². The fourth-order valence-corrected chi connectivity index (χ4v) is 4.73. The van der Waals surface area contributed by atoms with Crippen molar-refractivity contribution in [2.45, 2.75) is 84.3 Å². The summed E-state index contributed by atoms with van der Waals surface area (Å²) in [5.41, 5.74) is 1.78. The van der Waals surface area contributed by atoms with E-state index in [2.05, 4.69) is 53.8 Å². The van der Waals surface area contributed by atoms with Gasteiger partial charge in [0.2, 0.25) is 0 Å². The third kappa shape index (κ3) is 3.62. The molecule has 1 aromatic carbocycles. The summed E-state index contributed by atoms with van der Waals surface area (Å²) in [6, 6.07) is 5.98. The Bertz CT molecular complexity index is 851. The van der Waals surface area contributed by atoms with E-state index in [0.29, 0.717) is 6.61 Å². The minimum atomic E-state index is -1.91. The quantitative estimate of drug-likeness (QED) is 0.688. The van der Waals surface area contributed by atoms with Gasteiger partial charge >= 0.3 is 0 Å². The Balaban J connectivity index is 2.07. The molecule has 1 aliphatic carbocycles. The van der Waals surface area contributed by atoms with Crippen molar-refractivity contribution in [3.05, 3.63) is 23.9 Å². The highest BCUT2D eigenvalue weighted by Crippen LogP contribution is 2.45. The molecule has 1 N–H and O–H groups in total. The van der Waals surface area contributed by atoms with Crippen LogP contribution in [-0.4, -0.2) is 36.4 Å². The van der Waals surface area contributed by atoms with Crippen LogP contribution in [0.15, 0.2) is 18.2 Å². The van der Waals surface area contributed by atoms with E-state index < -0.39 is 14.4 Å². The molecule has 2 aromatic rings. The van der Waals surface area contributed by atoms with Crippen molar-refractivity contribution >= 4 is 19.2 Å². The first-order valence-corrected chi connectivity index (χ1v) is 13.2. The fraction of sp³-hybridized carbons (Fsp3) is 0.682. The second-order valence-corrected chi connectivity index (χ2v) is 15.1. The van der Waals surface area contributed by atoms with Gasteiger partial charge in [0, 0.05) is 5.39 Å². The topological polar surface area (TPSA) is 56.5 Å². The maximum atomic E-state index is 11.0. The Hall–Kier alpha value is -1.37. The highest BCUT2D eigenvalue weighted by molar-refractivity contribution is 6.74. The van der Waals surface area contributed by atoms with E-state index in [9.17, 15) is 5.11 Å². The lowest BCUT2D eigenvalue weighted by atomic mass is 9.89. The zero-order valence-corrected chi connectivity index (χ0v) is 19.7.